The molecule has 0 aromatic rings. The summed E-state index contributed by atoms with van der Waals surface area (Å²) in [6.45, 7) is 11.7. The SMILES string of the molecule is C#C.C=C(N[C@@H](C1CCC[C@@H](S)C1)[C@H](C)Cl)C1CC(CCC2CCC2)CCN1.CC. The molecule has 1 heterocycles. The maximum atomic E-state index is 6.59. The molecule has 0 aromatic carbocycles. The molecule has 3 fully saturated rings. The number of piperidine rings is 1. The maximum absolute atomic E-state index is 6.59. The third kappa shape index (κ3) is 9.05. The minimum atomic E-state index is 0.119. The Kier molecular flexibility index (Phi) is 14.3. The van der Waals surface area contributed by atoms with E-state index < -0.39 is 0 Å². The Morgan fingerprint density at radius 3 is 2.27 bits per heavy atom. The molecule has 0 spiro atoms. The minimum absolute atomic E-state index is 0.119. The summed E-state index contributed by atoms with van der Waals surface area (Å²) in [6, 6.07) is 0.722. The molecule has 3 rings (SSSR count). The highest BCUT2D eigenvalue weighted by atomic mass is 35.5. The van der Waals surface area contributed by atoms with Crippen LogP contribution in [0.4, 0.5) is 0 Å². The molecule has 0 bridgehead atoms. The second-order valence-electron chi connectivity index (χ2n) is 9.22. The molecule has 0 radical (unpaired) electrons. The molecule has 0 amide bonds. The fourth-order valence-electron chi connectivity index (χ4n) is 5.23. The van der Waals surface area contributed by atoms with E-state index in [2.05, 4.69) is 37.0 Å². The van der Waals surface area contributed by atoms with Gasteiger partial charge in [0.15, 0.2) is 0 Å². The zero-order valence-electron chi connectivity index (χ0n) is 19.7. The zero-order chi connectivity index (χ0) is 22.5. The highest BCUT2D eigenvalue weighted by Crippen LogP contribution is 2.35. The Morgan fingerprint density at radius 2 is 1.70 bits per heavy atom. The number of halogens is 1. The minimum Gasteiger partial charge on any atom is -0.383 e. The monoisotopic (exact) mass is 454 g/mol. The molecule has 2 N–H and O–H groups in total. The molecule has 1 aliphatic heterocycles. The van der Waals surface area contributed by atoms with E-state index in [0.717, 1.165) is 24.1 Å². The van der Waals surface area contributed by atoms with Crippen LogP contribution in [-0.4, -0.2) is 29.3 Å². The third-order valence-electron chi connectivity index (χ3n) is 7.18. The van der Waals surface area contributed by atoms with E-state index in [-0.39, 0.29) is 5.38 Å². The summed E-state index contributed by atoms with van der Waals surface area (Å²) in [5, 5.41) is 8.11. The quantitative estimate of drug-likeness (QED) is 0.213. The van der Waals surface area contributed by atoms with Gasteiger partial charge in [-0.3, -0.25) is 0 Å². The van der Waals surface area contributed by atoms with Crippen molar-refractivity contribution in [2.24, 2.45) is 17.8 Å². The standard InChI is InChI=1S/C22H39ClN2S.C2H6.C2H2/c1-15(23)22(19-7-4-8-20(26)14-19)25-16(2)21-13-18(11-12-24-21)10-9-17-5-3-6-17;2*1-2/h15,17-22,24-26H,2-14H2,1H3;1-2H3;1-2H/t15-,18?,19?,20+,21?,22+;;/m0../s1. The second kappa shape index (κ2) is 15.5. The normalized spacial score (nSPS) is 30.9. The maximum Gasteiger partial charge on any atom is 0.0511 e. The molecular weight excluding hydrogens is 408 g/mol. The van der Waals surface area contributed by atoms with Gasteiger partial charge in [-0.2, -0.15) is 12.6 Å². The van der Waals surface area contributed by atoms with Crippen molar-refractivity contribution < 1.29 is 0 Å². The molecule has 4 heteroatoms. The van der Waals surface area contributed by atoms with Crippen molar-refractivity contribution in [3.8, 4) is 12.8 Å². The number of hydrogen-bond acceptors (Lipinski definition) is 3. The molecule has 2 saturated carbocycles. The smallest absolute Gasteiger partial charge is 0.0511 e. The fraction of sp³-hybridized carbons (Fsp3) is 0.846. The van der Waals surface area contributed by atoms with Gasteiger partial charge in [0.1, 0.15) is 0 Å². The average molecular weight is 455 g/mol. The second-order valence-corrected chi connectivity index (χ2v) is 10.6. The van der Waals surface area contributed by atoms with Crippen LogP contribution in [-0.2, 0) is 0 Å². The van der Waals surface area contributed by atoms with E-state index >= 15 is 0 Å². The van der Waals surface area contributed by atoms with E-state index in [1.165, 1.54) is 70.6 Å². The van der Waals surface area contributed by atoms with Gasteiger partial charge in [-0.15, -0.1) is 24.4 Å². The Labute approximate surface area is 198 Å². The summed E-state index contributed by atoms with van der Waals surface area (Å²) in [7, 11) is 0. The topological polar surface area (TPSA) is 24.1 Å². The van der Waals surface area contributed by atoms with E-state index in [1.807, 2.05) is 13.8 Å². The van der Waals surface area contributed by atoms with Crippen LogP contribution < -0.4 is 10.6 Å². The Balaban J connectivity index is 0.00000106. The highest BCUT2D eigenvalue weighted by molar-refractivity contribution is 7.80. The Morgan fingerprint density at radius 1 is 1.07 bits per heavy atom. The first-order valence-corrected chi connectivity index (χ1v) is 13.3. The van der Waals surface area contributed by atoms with Crippen LogP contribution in [0, 0.1) is 30.6 Å². The Hall–Kier alpha value is -0.300. The molecule has 2 aliphatic carbocycles. The molecule has 0 aromatic heterocycles. The lowest BCUT2D eigenvalue weighted by atomic mass is 9.78. The number of rotatable bonds is 8. The first-order valence-electron chi connectivity index (χ1n) is 12.4. The molecular formula is C26H47ClN2S. The molecule has 30 heavy (non-hydrogen) atoms. The number of hydrogen-bond donors (Lipinski definition) is 3. The largest absolute Gasteiger partial charge is 0.383 e. The van der Waals surface area contributed by atoms with Gasteiger partial charge in [-0.05, 0) is 63.3 Å². The summed E-state index contributed by atoms with van der Waals surface area (Å²) in [5.41, 5.74) is 1.16. The van der Waals surface area contributed by atoms with Gasteiger partial charge in [0.25, 0.3) is 0 Å². The van der Waals surface area contributed by atoms with Crippen LogP contribution in [0.25, 0.3) is 0 Å². The molecule has 6 atom stereocenters. The van der Waals surface area contributed by atoms with Crippen molar-refractivity contribution in [3.63, 3.8) is 0 Å². The summed E-state index contributed by atoms with van der Waals surface area (Å²) in [5.74, 6) is 2.52. The van der Waals surface area contributed by atoms with Crippen molar-refractivity contribution in [1.82, 2.24) is 10.6 Å². The number of thiol groups is 1. The van der Waals surface area contributed by atoms with Crippen LogP contribution >= 0.6 is 24.2 Å². The lowest BCUT2D eigenvalue weighted by molar-refractivity contribution is 0.231. The van der Waals surface area contributed by atoms with E-state index in [9.17, 15) is 0 Å². The van der Waals surface area contributed by atoms with Crippen LogP contribution in [0.5, 0.6) is 0 Å². The molecule has 3 unspecified atom stereocenters. The van der Waals surface area contributed by atoms with Crippen LogP contribution in [0.3, 0.4) is 0 Å². The van der Waals surface area contributed by atoms with E-state index in [4.69, 9.17) is 24.2 Å². The van der Waals surface area contributed by atoms with Gasteiger partial charge in [-0.1, -0.05) is 59.0 Å². The third-order valence-corrected chi connectivity index (χ3v) is 7.92. The fourth-order valence-corrected chi connectivity index (χ4v) is 5.95. The van der Waals surface area contributed by atoms with Crippen molar-refractivity contribution in [3.05, 3.63) is 12.3 Å². The van der Waals surface area contributed by atoms with Crippen molar-refractivity contribution >= 4 is 24.2 Å². The lowest BCUT2D eigenvalue weighted by Gasteiger charge is -2.39. The van der Waals surface area contributed by atoms with Gasteiger partial charge in [0.05, 0.1) is 5.38 Å². The molecule has 3 aliphatic rings. The predicted molar refractivity (Wildman–Crippen MR) is 138 cm³/mol. The van der Waals surface area contributed by atoms with Crippen molar-refractivity contribution in [1.29, 1.82) is 0 Å². The van der Waals surface area contributed by atoms with Gasteiger partial charge in [-0.25, -0.2) is 0 Å². The first kappa shape index (κ1) is 27.7. The predicted octanol–water partition coefficient (Wildman–Crippen LogP) is 6.80. The number of nitrogens with one attached hydrogen (secondary N) is 2. The molecule has 2 nitrogen and oxygen atoms in total. The molecule has 1 saturated heterocycles. The highest BCUT2D eigenvalue weighted by Gasteiger charge is 2.32. The van der Waals surface area contributed by atoms with E-state index in [1.54, 1.807) is 0 Å². The van der Waals surface area contributed by atoms with Crippen LogP contribution in [0.2, 0.25) is 0 Å². The average Bonchev–Trinajstić information content (AvgIpc) is 2.73. The van der Waals surface area contributed by atoms with Crippen molar-refractivity contribution in [2.45, 2.75) is 114 Å². The first-order chi connectivity index (χ1) is 14.5. The summed E-state index contributed by atoms with van der Waals surface area (Å²) in [4.78, 5) is 0. The van der Waals surface area contributed by atoms with Crippen LogP contribution in [0.15, 0.2) is 12.3 Å². The van der Waals surface area contributed by atoms with Gasteiger partial charge in [0, 0.05) is 23.0 Å². The summed E-state index contributed by atoms with van der Waals surface area (Å²) >= 11 is 11.3. The van der Waals surface area contributed by atoms with E-state index in [0.29, 0.717) is 23.3 Å². The lowest BCUT2D eigenvalue weighted by Crippen LogP contribution is -2.49. The van der Waals surface area contributed by atoms with Crippen LogP contribution in [0.1, 0.15) is 91.4 Å². The van der Waals surface area contributed by atoms with Gasteiger partial charge in [0.2, 0.25) is 0 Å². The number of terminal acetylenes is 1. The van der Waals surface area contributed by atoms with Gasteiger partial charge < -0.3 is 10.6 Å². The number of alkyl halides is 1. The van der Waals surface area contributed by atoms with Gasteiger partial charge >= 0.3 is 0 Å². The zero-order valence-corrected chi connectivity index (χ0v) is 21.4. The Bertz CT molecular complexity index is 489. The van der Waals surface area contributed by atoms with Crippen molar-refractivity contribution in [2.75, 3.05) is 6.54 Å². The molecule has 174 valence electrons. The summed E-state index contributed by atoms with van der Waals surface area (Å²) in [6.07, 6.45) is 22.8. The summed E-state index contributed by atoms with van der Waals surface area (Å²) < 4.78 is 0.